The first-order valence-corrected chi connectivity index (χ1v) is 9.38. The van der Waals surface area contributed by atoms with Crippen LogP contribution in [0.1, 0.15) is 11.1 Å². The smallest absolute Gasteiger partial charge is 0.257 e. The zero-order valence-corrected chi connectivity index (χ0v) is 15.8. The average molecular weight is 414 g/mol. The Morgan fingerprint density at radius 3 is 2.22 bits per heavy atom. The average Bonchev–Trinajstić information content (AvgIpc) is 2.50. The van der Waals surface area contributed by atoms with Crippen LogP contribution < -0.4 is 15.6 Å². The van der Waals surface area contributed by atoms with Crippen LogP contribution in [0.15, 0.2) is 51.8 Å². The quantitative estimate of drug-likeness (QED) is 0.529. The van der Waals surface area contributed by atoms with Crippen LogP contribution in [-0.2, 0) is 10.0 Å². The zero-order valence-electron chi connectivity index (χ0n) is 12.6. The highest BCUT2D eigenvalue weighted by molar-refractivity contribution is 9.10. The molecule has 23 heavy (non-hydrogen) atoms. The minimum absolute atomic E-state index is 0.159. The molecule has 0 aromatic heterocycles. The summed E-state index contributed by atoms with van der Waals surface area (Å²) in [6, 6.07) is 12.0. The molecule has 122 valence electrons. The molecule has 0 saturated carbocycles. The van der Waals surface area contributed by atoms with Crippen molar-refractivity contribution in [2.45, 2.75) is 18.7 Å². The Morgan fingerprint density at radius 2 is 1.65 bits per heavy atom. The molecule has 0 heterocycles. The molecule has 2 aromatic carbocycles. The van der Waals surface area contributed by atoms with Crippen molar-refractivity contribution in [1.82, 2.24) is 10.3 Å². The molecule has 8 heteroatoms. The van der Waals surface area contributed by atoms with Gasteiger partial charge in [0.05, 0.1) is 4.90 Å². The molecule has 0 spiro atoms. The third kappa shape index (κ3) is 4.74. The van der Waals surface area contributed by atoms with Gasteiger partial charge in [-0.05, 0) is 61.5 Å². The molecule has 0 bridgehead atoms. The van der Waals surface area contributed by atoms with E-state index >= 15 is 0 Å². The van der Waals surface area contributed by atoms with E-state index in [4.69, 9.17) is 12.2 Å². The summed E-state index contributed by atoms with van der Waals surface area (Å²) in [5.41, 5.74) is 5.33. The first-order valence-electron chi connectivity index (χ1n) is 6.70. The molecular formula is C15H16BrN3O2S2. The molecular weight excluding hydrogens is 398 g/mol. The molecule has 3 N–H and O–H groups in total. The van der Waals surface area contributed by atoms with Gasteiger partial charge in [-0.25, -0.2) is 8.42 Å². The predicted molar refractivity (Wildman–Crippen MR) is 99.7 cm³/mol. The Hall–Kier alpha value is -1.48. The molecule has 0 aliphatic carbocycles. The summed E-state index contributed by atoms with van der Waals surface area (Å²) in [5.74, 6) is 0. The largest absolute Gasteiger partial charge is 0.331 e. The topological polar surface area (TPSA) is 70.2 Å². The molecule has 0 aliphatic rings. The van der Waals surface area contributed by atoms with Gasteiger partial charge in [0.2, 0.25) is 0 Å². The van der Waals surface area contributed by atoms with Crippen LogP contribution in [0.3, 0.4) is 0 Å². The number of aryl methyl sites for hydroxylation is 2. The van der Waals surface area contributed by atoms with Crippen LogP contribution in [0.25, 0.3) is 0 Å². The van der Waals surface area contributed by atoms with Crippen molar-refractivity contribution >= 4 is 49.0 Å². The molecule has 2 rings (SSSR count). The van der Waals surface area contributed by atoms with Crippen LogP contribution in [0.4, 0.5) is 5.69 Å². The molecule has 0 fully saturated rings. The van der Waals surface area contributed by atoms with Crippen LogP contribution in [0.2, 0.25) is 0 Å². The van der Waals surface area contributed by atoms with Gasteiger partial charge in [-0.3, -0.25) is 5.43 Å². The number of thiocarbonyl (C=S) groups is 1. The zero-order chi connectivity index (χ0) is 17.0. The monoisotopic (exact) mass is 413 g/mol. The van der Waals surface area contributed by atoms with Gasteiger partial charge in [0, 0.05) is 10.2 Å². The van der Waals surface area contributed by atoms with E-state index in [1.54, 1.807) is 18.2 Å². The summed E-state index contributed by atoms with van der Waals surface area (Å²) < 4.78 is 25.2. The fourth-order valence-electron chi connectivity index (χ4n) is 2.02. The van der Waals surface area contributed by atoms with E-state index < -0.39 is 10.0 Å². The molecule has 0 atom stereocenters. The van der Waals surface area contributed by atoms with Gasteiger partial charge in [-0.1, -0.05) is 34.1 Å². The van der Waals surface area contributed by atoms with Gasteiger partial charge in [0.1, 0.15) is 0 Å². The van der Waals surface area contributed by atoms with Gasteiger partial charge in [-0.2, -0.15) is 0 Å². The van der Waals surface area contributed by atoms with E-state index in [1.165, 1.54) is 12.1 Å². The van der Waals surface area contributed by atoms with Gasteiger partial charge in [0.25, 0.3) is 10.0 Å². The van der Waals surface area contributed by atoms with Crippen LogP contribution in [-0.4, -0.2) is 13.5 Å². The maximum atomic E-state index is 12.1. The standard InChI is InChI=1S/C15H16BrN3O2S2/c1-10-8-12(16)9-11(2)14(10)17-15(22)18-19-23(20,21)13-6-4-3-5-7-13/h3-9,19H,1-2H3,(H2,17,18,22). The third-order valence-electron chi connectivity index (χ3n) is 3.09. The van der Waals surface area contributed by atoms with E-state index in [2.05, 4.69) is 31.5 Å². The first-order chi connectivity index (χ1) is 10.8. The Balaban J connectivity index is 2.04. The number of rotatable bonds is 4. The van der Waals surface area contributed by atoms with Crippen molar-refractivity contribution in [3.63, 3.8) is 0 Å². The van der Waals surface area contributed by atoms with Crippen molar-refractivity contribution in [2.24, 2.45) is 0 Å². The van der Waals surface area contributed by atoms with Crippen molar-refractivity contribution < 1.29 is 8.42 Å². The Labute approximate surface area is 149 Å². The van der Waals surface area contributed by atoms with Gasteiger partial charge >= 0.3 is 0 Å². The van der Waals surface area contributed by atoms with E-state index in [9.17, 15) is 8.42 Å². The summed E-state index contributed by atoms with van der Waals surface area (Å²) in [4.78, 5) is 2.41. The van der Waals surface area contributed by atoms with Crippen LogP contribution >= 0.6 is 28.1 Å². The highest BCUT2D eigenvalue weighted by atomic mass is 79.9. The second-order valence-electron chi connectivity index (χ2n) is 4.91. The lowest BCUT2D eigenvalue weighted by atomic mass is 10.1. The highest BCUT2D eigenvalue weighted by Crippen LogP contribution is 2.24. The van der Waals surface area contributed by atoms with Crippen LogP contribution in [0, 0.1) is 13.8 Å². The minimum atomic E-state index is -3.67. The summed E-state index contributed by atoms with van der Waals surface area (Å²) in [7, 11) is -3.67. The fourth-order valence-corrected chi connectivity index (χ4v) is 3.80. The van der Waals surface area contributed by atoms with Gasteiger partial charge in [0.15, 0.2) is 5.11 Å². The number of hydrazine groups is 1. The molecule has 2 aromatic rings. The highest BCUT2D eigenvalue weighted by Gasteiger charge is 2.14. The number of sulfonamides is 1. The number of nitrogens with one attached hydrogen (secondary N) is 3. The Bertz CT molecular complexity index is 801. The number of benzene rings is 2. The van der Waals surface area contributed by atoms with E-state index in [0.717, 1.165) is 21.3 Å². The maximum Gasteiger partial charge on any atom is 0.257 e. The lowest BCUT2D eigenvalue weighted by Crippen LogP contribution is -2.43. The predicted octanol–water partition coefficient (Wildman–Crippen LogP) is 3.25. The minimum Gasteiger partial charge on any atom is -0.331 e. The Morgan fingerprint density at radius 1 is 1.09 bits per heavy atom. The number of hydrogen-bond donors (Lipinski definition) is 3. The number of anilines is 1. The number of halogens is 1. The van der Waals surface area contributed by atoms with Crippen molar-refractivity contribution in [3.8, 4) is 0 Å². The summed E-state index contributed by atoms with van der Waals surface area (Å²) in [6.45, 7) is 3.88. The van der Waals surface area contributed by atoms with Crippen molar-refractivity contribution in [1.29, 1.82) is 0 Å². The normalized spacial score (nSPS) is 11.1. The lowest BCUT2D eigenvalue weighted by molar-refractivity contribution is 0.578. The Kier molecular flexibility index (Phi) is 5.74. The SMILES string of the molecule is Cc1cc(Br)cc(C)c1NC(=S)NNS(=O)(=O)c1ccccc1. The van der Waals surface area contributed by atoms with Crippen LogP contribution in [0.5, 0.6) is 0 Å². The van der Waals surface area contributed by atoms with Crippen molar-refractivity contribution in [3.05, 3.63) is 58.1 Å². The number of hydrogen-bond acceptors (Lipinski definition) is 3. The van der Waals surface area contributed by atoms with E-state index in [0.29, 0.717) is 0 Å². The maximum absolute atomic E-state index is 12.1. The molecule has 0 aliphatic heterocycles. The van der Waals surface area contributed by atoms with E-state index in [1.807, 2.05) is 26.0 Å². The van der Waals surface area contributed by atoms with Gasteiger partial charge in [-0.15, -0.1) is 4.83 Å². The first kappa shape index (κ1) is 17.9. The lowest BCUT2D eigenvalue weighted by Gasteiger charge is -2.16. The molecule has 0 saturated heterocycles. The fraction of sp³-hybridized carbons (Fsp3) is 0.133. The molecule has 5 nitrogen and oxygen atoms in total. The van der Waals surface area contributed by atoms with Gasteiger partial charge < -0.3 is 5.32 Å². The second-order valence-corrected chi connectivity index (χ2v) is 7.92. The molecule has 0 radical (unpaired) electrons. The second kappa shape index (κ2) is 7.39. The summed E-state index contributed by atoms with van der Waals surface area (Å²) in [6.07, 6.45) is 0. The van der Waals surface area contributed by atoms with E-state index in [-0.39, 0.29) is 10.0 Å². The summed E-state index contributed by atoms with van der Waals surface area (Å²) >= 11 is 8.57. The van der Waals surface area contributed by atoms with Crippen molar-refractivity contribution in [2.75, 3.05) is 5.32 Å². The third-order valence-corrected chi connectivity index (χ3v) is 5.01. The molecule has 0 amide bonds. The molecule has 0 unspecified atom stereocenters. The summed E-state index contributed by atoms with van der Waals surface area (Å²) in [5, 5.41) is 3.17.